The van der Waals surface area contributed by atoms with Crippen molar-refractivity contribution in [2.75, 3.05) is 44.2 Å². The first-order valence-corrected chi connectivity index (χ1v) is 12.1. The molecule has 4 rings (SSSR count). The van der Waals surface area contributed by atoms with Gasteiger partial charge in [-0.05, 0) is 38.1 Å². The number of para-hydroxylation sites is 1. The van der Waals surface area contributed by atoms with Gasteiger partial charge in [0, 0.05) is 45.0 Å². The van der Waals surface area contributed by atoms with Crippen molar-refractivity contribution in [1.82, 2.24) is 19.8 Å². The maximum atomic E-state index is 12.8. The Hall–Kier alpha value is -2.58. The zero-order chi connectivity index (χ0) is 24.2. The highest BCUT2D eigenvalue weighted by Crippen LogP contribution is 2.32. The van der Waals surface area contributed by atoms with E-state index in [4.69, 9.17) is 23.2 Å². The third-order valence-electron chi connectivity index (χ3n) is 6.12. The fourth-order valence-electron chi connectivity index (χ4n) is 4.38. The third kappa shape index (κ3) is 5.39. The van der Waals surface area contributed by atoms with E-state index in [1.807, 2.05) is 60.9 Å². The number of aliphatic hydroxyl groups is 1. The average molecular weight is 502 g/mol. The van der Waals surface area contributed by atoms with E-state index in [9.17, 15) is 9.90 Å². The van der Waals surface area contributed by atoms with Gasteiger partial charge in [-0.2, -0.15) is 0 Å². The lowest BCUT2D eigenvalue weighted by molar-refractivity contribution is 0.0847. The quantitative estimate of drug-likeness (QED) is 0.516. The number of imidazole rings is 1. The second-order valence-electron chi connectivity index (χ2n) is 8.49. The molecule has 2 aromatic carbocycles. The summed E-state index contributed by atoms with van der Waals surface area (Å²) in [6, 6.07) is 15.5. The van der Waals surface area contributed by atoms with Crippen LogP contribution in [0.15, 0.2) is 48.5 Å². The fourth-order valence-corrected chi connectivity index (χ4v) is 4.79. The number of rotatable bonds is 7. The Balaban J connectivity index is 1.28. The molecule has 2 N–H and O–H groups in total. The Bertz CT molecular complexity index is 1140. The van der Waals surface area contributed by atoms with Crippen LogP contribution in [0.5, 0.6) is 0 Å². The highest BCUT2D eigenvalue weighted by Gasteiger charge is 2.23. The zero-order valence-electron chi connectivity index (χ0n) is 19.3. The van der Waals surface area contributed by atoms with E-state index < -0.39 is 6.10 Å². The van der Waals surface area contributed by atoms with Gasteiger partial charge >= 0.3 is 0 Å². The minimum Gasteiger partial charge on any atom is -0.390 e. The summed E-state index contributed by atoms with van der Waals surface area (Å²) in [5.41, 5.74) is 3.04. The molecule has 3 aromatic rings. The van der Waals surface area contributed by atoms with Crippen LogP contribution in [0.25, 0.3) is 5.69 Å². The van der Waals surface area contributed by atoms with Gasteiger partial charge in [-0.1, -0.05) is 47.5 Å². The monoisotopic (exact) mass is 501 g/mol. The Morgan fingerprint density at radius 2 is 1.76 bits per heavy atom. The van der Waals surface area contributed by atoms with E-state index >= 15 is 0 Å². The minimum atomic E-state index is -0.678. The van der Waals surface area contributed by atoms with Crippen molar-refractivity contribution in [1.29, 1.82) is 0 Å². The third-order valence-corrected chi connectivity index (χ3v) is 6.93. The number of nitrogens with zero attached hydrogens (tertiary/aromatic N) is 4. The number of nitrogens with one attached hydrogen (secondary N) is 1. The van der Waals surface area contributed by atoms with Crippen LogP contribution >= 0.6 is 23.2 Å². The zero-order valence-corrected chi connectivity index (χ0v) is 20.9. The fraction of sp³-hybridized carbons (Fsp3) is 0.360. The number of piperazine rings is 1. The summed E-state index contributed by atoms with van der Waals surface area (Å²) >= 11 is 12.5. The van der Waals surface area contributed by atoms with Crippen molar-refractivity contribution >= 4 is 34.8 Å². The number of β-amino-alcohol motifs (C(OH)–C–C–N with tert-alkyl or cyclic N) is 1. The van der Waals surface area contributed by atoms with E-state index in [1.54, 1.807) is 6.07 Å². The molecule has 1 amide bonds. The van der Waals surface area contributed by atoms with E-state index in [1.165, 1.54) is 0 Å². The number of aliphatic hydroxyl groups excluding tert-OH is 1. The molecular weight excluding hydrogens is 473 g/mol. The van der Waals surface area contributed by atoms with Gasteiger partial charge in [0.15, 0.2) is 0 Å². The van der Waals surface area contributed by atoms with Crippen molar-refractivity contribution in [3.8, 4) is 5.69 Å². The van der Waals surface area contributed by atoms with Gasteiger partial charge in [0.25, 0.3) is 5.91 Å². The first kappa shape index (κ1) is 24.5. The minimum absolute atomic E-state index is 0.163. The molecule has 1 fully saturated rings. The Labute approximate surface area is 209 Å². The first-order chi connectivity index (χ1) is 16.3. The number of aromatic nitrogens is 2. The molecule has 0 radical (unpaired) electrons. The van der Waals surface area contributed by atoms with Gasteiger partial charge in [-0.25, -0.2) is 4.98 Å². The second-order valence-corrected chi connectivity index (χ2v) is 9.27. The normalized spacial score (nSPS) is 15.4. The molecule has 1 unspecified atom stereocenters. The summed E-state index contributed by atoms with van der Waals surface area (Å²) in [6.45, 7) is 7.54. The molecule has 1 aliphatic rings. The van der Waals surface area contributed by atoms with Crippen LogP contribution in [-0.4, -0.2) is 70.8 Å². The summed E-state index contributed by atoms with van der Waals surface area (Å²) in [4.78, 5) is 21.6. The van der Waals surface area contributed by atoms with Gasteiger partial charge in [0.1, 0.15) is 11.5 Å². The smallest absolute Gasteiger partial charge is 0.271 e. The van der Waals surface area contributed by atoms with E-state index in [0.29, 0.717) is 22.3 Å². The molecule has 0 spiro atoms. The molecule has 0 saturated carbocycles. The molecule has 1 aromatic heterocycles. The number of benzene rings is 2. The predicted octanol–water partition coefficient (Wildman–Crippen LogP) is 3.71. The van der Waals surface area contributed by atoms with Gasteiger partial charge in [-0.3, -0.25) is 9.69 Å². The van der Waals surface area contributed by atoms with Gasteiger partial charge < -0.3 is 19.9 Å². The lowest BCUT2D eigenvalue weighted by atomic mass is 10.2. The number of carbonyl (C=O) groups is 1. The van der Waals surface area contributed by atoms with E-state index in [0.717, 1.165) is 49.1 Å². The van der Waals surface area contributed by atoms with Crippen LogP contribution in [0.2, 0.25) is 10.0 Å². The highest BCUT2D eigenvalue weighted by atomic mass is 35.5. The van der Waals surface area contributed by atoms with Crippen LogP contribution in [0.4, 0.5) is 5.69 Å². The Kier molecular flexibility index (Phi) is 7.78. The molecule has 9 heteroatoms. The van der Waals surface area contributed by atoms with Crippen molar-refractivity contribution < 1.29 is 9.90 Å². The number of hydrogen-bond acceptors (Lipinski definition) is 5. The summed E-state index contributed by atoms with van der Waals surface area (Å²) in [5, 5.41) is 14.5. The molecule has 0 aliphatic carbocycles. The SMILES string of the molecule is Cc1nc(C(=O)NCC(O)CN2CCN(c3cccc(Cl)c3Cl)CC2)c(C)n1-c1ccccc1. The van der Waals surface area contributed by atoms with Crippen LogP contribution in [-0.2, 0) is 0 Å². The average Bonchev–Trinajstić information content (AvgIpc) is 3.14. The van der Waals surface area contributed by atoms with Crippen LogP contribution in [0.1, 0.15) is 22.0 Å². The Morgan fingerprint density at radius 3 is 2.47 bits per heavy atom. The number of anilines is 1. The number of carbonyl (C=O) groups excluding carboxylic acids is 1. The largest absolute Gasteiger partial charge is 0.390 e. The Morgan fingerprint density at radius 1 is 1.06 bits per heavy atom. The molecule has 0 bridgehead atoms. The molecule has 1 aliphatic heterocycles. The van der Waals surface area contributed by atoms with Gasteiger partial charge in [0.05, 0.1) is 27.5 Å². The number of halogens is 2. The van der Waals surface area contributed by atoms with E-state index in [2.05, 4.69) is 20.1 Å². The summed E-state index contributed by atoms with van der Waals surface area (Å²) in [5.74, 6) is 0.460. The molecule has 180 valence electrons. The van der Waals surface area contributed by atoms with E-state index in [-0.39, 0.29) is 12.5 Å². The second kappa shape index (κ2) is 10.8. The lowest BCUT2D eigenvalue weighted by Crippen LogP contribution is -2.50. The molecule has 7 nitrogen and oxygen atoms in total. The van der Waals surface area contributed by atoms with Crippen molar-refractivity contribution in [2.24, 2.45) is 0 Å². The predicted molar refractivity (Wildman–Crippen MR) is 136 cm³/mol. The summed E-state index contributed by atoms with van der Waals surface area (Å²) < 4.78 is 1.96. The molecule has 1 atom stereocenters. The summed E-state index contributed by atoms with van der Waals surface area (Å²) in [6.07, 6.45) is -0.678. The molecule has 34 heavy (non-hydrogen) atoms. The topological polar surface area (TPSA) is 73.6 Å². The maximum absolute atomic E-state index is 12.8. The number of hydrogen-bond donors (Lipinski definition) is 2. The van der Waals surface area contributed by atoms with Crippen molar-refractivity contribution in [3.63, 3.8) is 0 Å². The van der Waals surface area contributed by atoms with Crippen molar-refractivity contribution in [2.45, 2.75) is 20.0 Å². The van der Waals surface area contributed by atoms with Gasteiger partial charge in [0.2, 0.25) is 0 Å². The molecular formula is C25H29Cl2N5O2. The van der Waals surface area contributed by atoms with Gasteiger partial charge in [-0.15, -0.1) is 0 Å². The summed E-state index contributed by atoms with van der Waals surface area (Å²) in [7, 11) is 0. The standard InChI is InChI=1S/C25H29Cl2N5O2/c1-17-24(29-18(2)32(17)19-7-4-3-5-8-19)25(34)28-15-20(33)16-30-11-13-31(14-12-30)22-10-6-9-21(26)23(22)27/h3-10,20,33H,11-16H2,1-2H3,(H,28,34). The first-order valence-electron chi connectivity index (χ1n) is 11.3. The van der Waals surface area contributed by atoms with Crippen LogP contribution < -0.4 is 10.2 Å². The van der Waals surface area contributed by atoms with Crippen LogP contribution in [0, 0.1) is 13.8 Å². The number of aryl methyl sites for hydroxylation is 1. The lowest BCUT2D eigenvalue weighted by Gasteiger charge is -2.37. The van der Waals surface area contributed by atoms with Crippen molar-refractivity contribution in [3.05, 3.63) is 75.8 Å². The molecule has 2 heterocycles. The highest BCUT2D eigenvalue weighted by molar-refractivity contribution is 6.43. The number of amides is 1. The molecule has 1 saturated heterocycles. The maximum Gasteiger partial charge on any atom is 0.271 e. The van der Waals surface area contributed by atoms with Crippen LogP contribution in [0.3, 0.4) is 0 Å².